The van der Waals surface area contributed by atoms with Gasteiger partial charge in [-0.15, -0.1) is 0 Å². The largest absolute Gasteiger partial charge is 0.444 e. The summed E-state index contributed by atoms with van der Waals surface area (Å²) in [6, 6.07) is 0. The van der Waals surface area contributed by atoms with E-state index in [-0.39, 0.29) is 6.09 Å². The van der Waals surface area contributed by atoms with Crippen molar-refractivity contribution in [1.29, 1.82) is 0 Å². The van der Waals surface area contributed by atoms with Crippen LogP contribution in [0, 0.1) is 0 Å². The van der Waals surface area contributed by atoms with Gasteiger partial charge in [0.2, 0.25) is 0 Å². The van der Waals surface area contributed by atoms with Gasteiger partial charge in [0.1, 0.15) is 5.60 Å². The van der Waals surface area contributed by atoms with Crippen LogP contribution in [-0.4, -0.2) is 42.8 Å². The van der Waals surface area contributed by atoms with Crippen LogP contribution in [0.1, 0.15) is 47.5 Å². The van der Waals surface area contributed by atoms with Crippen LogP contribution in [0.5, 0.6) is 0 Å². The summed E-state index contributed by atoms with van der Waals surface area (Å²) in [7, 11) is 0. The van der Waals surface area contributed by atoms with Gasteiger partial charge in [-0.05, 0) is 53.6 Å². The second kappa shape index (κ2) is 8.34. The Morgan fingerprint density at radius 3 is 2.35 bits per heavy atom. The summed E-state index contributed by atoms with van der Waals surface area (Å²) in [6.07, 6.45) is 1.90. The van der Waals surface area contributed by atoms with Crippen LogP contribution in [-0.2, 0) is 4.74 Å². The van der Waals surface area contributed by atoms with Gasteiger partial charge >= 0.3 is 6.09 Å². The van der Waals surface area contributed by atoms with Crippen LogP contribution in [0.3, 0.4) is 0 Å². The molecule has 0 heterocycles. The highest BCUT2D eigenvalue weighted by atomic mass is 16.6. The molecule has 0 rings (SSSR count). The standard InChI is InChI=1S/C13H28N2O2/c1-6-9-14-10-8-11-15(7-2)12(16)17-13(3,4)5/h14H,6-11H2,1-5H3. The first-order chi connectivity index (χ1) is 7.90. The minimum atomic E-state index is -0.412. The monoisotopic (exact) mass is 244 g/mol. The lowest BCUT2D eigenvalue weighted by molar-refractivity contribution is 0.0258. The first-order valence-corrected chi connectivity index (χ1v) is 6.59. The van der Waals surface area contributed by atoms with Crippen molar-refractivity contribution in [2.75, 3.05) is 26.2 Å². The fourth-order valence-corrected chi connectivity index (χ4v) is 1.40. The Bertz CT molecular complexity index is 212. The molecule has 0 aromatic rings. The van der Waals surface area contributed by atoms with Gasteiger partial charge in [-0.25, -0.2) is 4.79 Å². The van der Waals surface area contributed by atoms with E-state index in [1.807, 2.05) is 27.7 Å². The molecule has 0 saturated carbocycles. The van der Waals surface area contributed by atoms with E-state index in [1.165, 1.54) is 0 Å². The summed E-state index contributed by atoms with van der Waals surface area (Å²) in [5.74, 6) is 0. The molecular formula is C13H28N2O2. The van der Waals surface area contributed by atoms with E-state index in [4.69, 9.17) is 4.74 Å². The Hall–Kier alpha value is -0.770. The van der Waals surface area contributed by atoms with Crippen molar-refractivity contribution >= 4 is 6.09 Å². The highest BCUT2D eigenvalue weighted by Crippen LogP contribution is 2.09. The third-order valence-electron chi connectivity index (χ3n) is 2.24. The predicted molar refractivity (Wildman–Crippen MR) is 71.3 cm³/mol. The molecule has 17 heavy (non-hydrogen) atoms. The summed E-state index contributed by atoms with van der Waals surface area (Å²) in [4.78, 5) is 13.5. The highest BCUT2D eigenvalue weighted by Gasteiger charge is 2.20. The van der Waals surface area contributed by atoms with Gasteiger partial charge < -0.3 is 15.0 Å². The van der Waals surface area contributed by atoms with Crippen molar-refractivity contribution in [2.24, 2.45) is 0 Å². The van der Waals surface area contributed by atoms with Crippen LogP contribution < -0.4 is 5.32 Å². The average molecular weight is 244 g/mol. The number of hydrogen-bond donors (Lipinski definition) is 1. The maximum absolute atomic E-state index is 11.8. The van der Waals surface area contributed by atoms with Crippen molar-refractivity contribution in [1.82, 2.24) is 10.2 Å². The summed E-state index contributed by atoms with van der Waals surface area (Å²) in [6.45, 7) is 13.2. The minimum absolute atomic E-state index is 0.213. The van der Waals surface area contributed by atoms with Crippen LogP contribution >= 0.6 is 0 Å². The summed E-state index contributed by atoms with van der Waals surface area (Å²) in [5, 5.41) is 3.32. The number of hydrogen-bond acceptors (Lipinski definition) is 3. The Kier molecular flexibility index (Phi) is 7.96. The van der Waals surface area contributed by atoms with E-state index >= 15 is 0 Å². The van der Waals surface area contributed by atoms with E-state index in [9.17, 15) is 4.79 Å². The minimum Gasteiger partial charge on any atom is -0.444 e. The van der Waals surface area contributed by atoms with Gasteiger partial charge in [0, 0.05) is 13.1 Å². The maximum atomic E-state index is 11.8. The highest BCUT2D eigenvalue weighted by molar-refractivity contribution is 5.68. The smallest absolute Gasteiger partial charge is 0.410 e. The van der Waals surface area contributed by atoms with Crippen LogP contribution in [0.4, 0.5) is 4.79 Å². The molecule has 4 nitrogen and oxygen atoms in total. The quantitative estimate of drug-likeness (QED) is 0.700. The summed E-state index contributed by atoms with van der Waals surface area (Å²) in [5.41, 5.74) is -0.412. The summed E-state index contributed by atoms with van der Waals surface area (Å²) >= 11 is 0. The molecule has 4 heteroatoms. The Balaban J connectivity index is 3.86. The number of amides is 1. The molecular weight excluding hydrogens is 216 g/mol. The zero-order valence-corrected chi connectivity index (χ0v) is 12.0. The van der Waals surface area contributed by atoms with Crippen molar-refractivity contribution in [3.63, 3.8) is 0 Å². The second-order valence-corrected chi connectivity index (χ2v) is 5.16. The van der Waals surface area contributed by atoms with Gasteiger partial charge in [-0.3, -0.25) is 0 Å². The maximum Gasteiger partial charge on any atom is 0.410 e. The Morgan fingerprint density at radius 2 is 1.88 bits per heavy atom. The number of nitrogens with zero attached hydrogens (tertiary/aromatic N) is 1. The van der Waals surface area contributed by atoms with E-state index in [0.717, 1.165) is 32.5 Å². The molecule has 0 bridgehead atoms. The van der Waals surface area contributed by atoms with E-state index < -0.39 is 5.60 Å². The van der Waals surface area contributed by atoms with E-state index in [2.05, 4.69) is 12.2 Å². The van der Waals surface area contributed by atoms with Crippen molar-refractivity contribution in [3.05, 3.63) is 0 Å². The molecule has 102 valence electrons. The van der Waals surface area contributed by atoms with Gasteiger partial charge in [-0.1, -0.05) is 6.92 Å². The molecule has 0 spiro atoms. The third-order valence-corrected chi connectivity index (χ3v) is 2.24. The fraction of sp³-hybridized carbons (Fsp3) is 0.923. The molecule has 0 aromatic carbocycles. The lowest BCUT2D eigenvalue weighted by atomic mass is 10.2. The van der Waals surface area contributed by atoms with Crippen molar-refractivity contribution < 1.29 is 9.53 Å². The molecule has 0 saturated heterocycles. The van der Waals surface area contributed by atoms with Crippen LogP contribution in [0.25, 0.3) is 0 Å². The van der Waals surface area contributed by atoms with Crippen LogP contribution in [0.15, 0.2) is 0 Å². The topological polar surface area (TPSA) is 41.6 Å². The molecule has 0 radical (unpaired) electrons. The van der Waals surface area contributed by atoms with Crippen LogP contribution in [0.2, 0.25) is 0 Å². The molecule has 0 fully saturated rings. The SMILES string of the molecule is CCCNCCCN(CC)C(=O)OC(C)(C)C. The molecule has 0 unspecified atom stereocenters. The number of ether oxygens (including phenoxy) is 1. The molecule has 0 aliphatic rings. The van der Waals surface area contributed by atoms with Crippen molar-refractivity contribution in [2.45, 2.75) is 53.1 Å². The molecule has 0 aromatic heterocycles. The average Bonchev–Trinajstić information content (AvgIpc) is 2.20. The molecule has 0 aliphatic carbocycles. The lowest BCUT2D eigenvalue weighted by Gasteiger charge is -2.26. The Labute approximate surface area is 106 Å². The first kappa shape index (κ1) is 16.2. The Morgan fingerprint density at radius 1 is 1.24 bits per heavy atom. The first-order valence-electron chi connectivity index (χ1n) is 6.59. The number of nitrogens with one attached hydrogen (secondary N) is 1. The number of carbonyl (C=O) groups is 1. The third kappa shape index (κ3) is 8.98. The van der Waals surface area contributed by atoms with Gasteiger partial charge in [0.05, 0.1) is 0 Å². The molecule has 1 N–H and O–H groups in total. The summed E-state index contributed by atoms with van der Waals surface area (Å²) < 4.78 is 5.34. The van der Waals surface area contributed by atoms with Gasteiger partial charge in [0.15, 0.2) is 0 Å². The zero-order chi connectivity index (χ0) is 13.3. The lowest BCUT2D eigenvalue weighted by Crippen LogP contribution is -2.38. The molecule has 0 aliphatic heterocycles. The molecule has 1 amide bonds. The predicted octanol–water partition coefficient (Wildman–Crippen LogP) is 2.63. The second-order valence-electron chi connectivity index (χ2n) is 5.16. The van der Waals surface area contributed by atoms with E-state index in [1.54, 1.807) is 4.90 Å². The van der Waals surface area contributed by atoms with Gasteiger partial charge in [0.25, 0.3) is 0 Å². The van der Waals surface area contributed by atoms with Crippen molar-refractivity contribution in [3.8, 4) is 0 Å². The molecule has 0 atom stereocenters. The fourth-order valence-electron chi connectivity index (χ4n) is 1.40. The number of carbonyl (C=O) groups excluding carboxylic acids is 1. The normalized spacial score (nSPS) is 11.4. The number of rotatable bonds is 7. The van der Waals surface area contributed by atoms with Gasteiger partial charge in [-0.2, -0.15) is 0 Å². The van der Waals surface area contributed by atoms with E-state index in [0.29, 0.717) is 6.54 Å². The zero-order valence-electron chi connectivity index (χ0n) is 12.0.